The van der Waals surface area contributed by atoms with Crippen LogP contribution in [0.2, 0.25) is 10.0 Å². The molecule has 5 nitrogen and oxygen atoms in total. The molecule has 1 fully saturated rings. The van der Waals surface area contributed by atoms with Crippen molar-refractivity contribution in [2.75, 3.05) is 25.2 Å². The number of hydrogen-bond donors (Lipinski definition) is 0. The molecular formula is C20H18Cl2N2O3S. The molecule has 2 heterocycles. The number of hydrogen-bond acceptors (Lipinski definition) is 5. The fourth-order valence-electron chi connectivity index (χ4n) is 3.21. The first-order valence-electron chi connectivity index (χ1n) is 8.89. The predicted molar refractivity (Wildman–Crippen MR) is 113 cm³/mol. The first-order chi connectivity index (χ1) is 13.6. The molecule has 0 saturated carbocycles. The number of rotatable bonds is 5. The minimum absolute atomic E-state index is 0.0133. The molecule has 0 bridgehead atoms. The monoisotopic (exact) mass is 436 g/mol. The zero-order chi connectivity index (χ0) is 19.7. The average Bonchev–Trinajstić information content (AvgIpc) is 3.37. The minimum atomic E-state index is -0.152. The Kier molecular flexibility index (Phi) is 5.73. The number of ether oxygens (including phenoxy) is 2. The van der Waals surface area contributed by atoms with Gasteiger partial charge in [-0.25, -0.2) is 4.98 Å². The van der Waals surface area contributed by atoms with Crippen molar-refractivity contribution in [3.63, 3.8) is 0 Å². The van der Waals surface area contributed by atoms with Crippen LogP contribution in [0.3, 0.4) is 0 Å². The second kappa shape index (κ2) is 8.25. The Morgan fingerprint density at radius 1 is 1.29 bits per heavy atom. The van der Waals surface area contributed by atoms with E-state index in [4.69, 9.17) is 32.7 Å². The maximum absolute atomic E-state index is 13.3. The molecule has 28 heavy (non-hydrogen) atoms. The van der Waals surface area contributed by atoms with Crippen molar-refractivity contribution in [2.24, 2.45) is 0 Å². The van der Waals surface area contributed by atoms with Crippen LogP contribution in [0.15, 0.2) is 36.4 Å². The van der Waals surface area contributed by atoms with E-state index in [2.05, 4.69) is 4.98 Å². The van der Waals surface area contributed by atoms with Crippen LogP contribution in [0.1, 0.15) is 23.2 Å². The lowest BCUT2D eigenvalue weighted by Crippen LogP contribution is -2.37. The summed E-state index contributed by atoms with van der Waals surface area (Å²) in [5.41, 5.74) is 1.19. The van der Waals surface area contributed by atoms with Crippen molar-refractivity contribution < 1.29 is 14.3 Å². The van der Waals surface area contributed by atoms with Gasteiger partial charge in [0.05, 0.1) is 29.5 Å². The third-order valence-corrected chi connectivity index (χ3v) is 6.44. The quantitative estimate of drug-likeness (QED) is 0.534. The number of aromatic nitrogens is 1. The highest BCUT2D eigenvalue weighted by Crippen LogP contribution is 2.39. The van der Waals surface area contributed by atoms with Crippen molar-refractivity contribution in [3.8, 4) is 5.75 Å². The van der Waals surface area contributed by atoms with Gasteiger partial charge in [0, 0.05) is 17.2 Å². The smallest absolute Gasteiger partial charge is 0.260 e. The van der Waals surface area contributed by atoms with Gasteiger partial charge < -0.3 is 9.47 Å². The molecule has 1 saturated heterocycles. The number of carbonyl (C=O) groups excluding carboxylic acids is 1. The summed E-state index contributed by atoms with van der Waals surface area (Å²) < 4.78 is 12.0. The summed E-state index contributed by atoms with van der Waals surface area (Å²) >= 11 is 13.7. The Hall–Kier alpha value is -1.86. The van der Waals surface area contributed by atoms with Gasteiger partial charge >= 0.3 is 0 Å². The number of fused-ring (bicyclic) bond motifs is 1. The van der Waals surface area contributed by atoms with Crippen LogP contribution < -0.4 is 9.64 Å². The molecule has 0 radical (unpaired) electrons. The van der Waals surface area contributed by atoms with E-state index in [0.717, 1.165) is 17.5 Å². The lowest BCUT2D eigenvalue weighted by molar-refractivity contribution is 0.0917. The van der Waals surface area contributed by atoms with Crippen molar-refractivity contribution in [1.29, 1.82) is 0 Å². The second-order valence-corrected chi connectivity index (χ2v) is 8.30. The maximum Gasteiger partial charge on any atom is 0.260 e. The number of halogens is 2. The van der Waals surface area contributed by atoms with E-state index < -0.39 is 0 Å². The fourth-order valence-corrected chi connectivity index (χ4v) is 4.60. The Morgan fingerprint density at radius 2 is 2.07 bits per heavy atom. The van der Waals surface area contributed by atoms with Gasteiger partial charge in [0.15, 0.2) is 5.13 Å². The number of anilines is 1. The third kappa shape index (κ3) is 3.82. The predicted octanol–water partition coefficient (Wildman–Crippen LogP) is 5.44. The zero-order valence-corrected chi connectivity index (χ0v) is 17.5. The molecule has 0 aliphatic carbocycles. The molecule has 2 aromatic carbocycles. The molecule has 1 amide bonds. The molecule has 1 aromatic heterocycles. The zero-order valence-electron chi connectivity index (χ0n) is 15.2. The van der Waals surface area contributed by atoms with Crippen LogP contribution in [-0.2, 0) is 4.74 Å². The Labute approximate surface area is 176 Å². The van der Waals surface area contributed by atoms with Crippen molar-refractivity contribution in [3.05, 3.63) is 52.0 Å². The number of nitrogens with zero attached hydrogens (tertiary/aromatic N) is 2. The highest BCUT2D eigenvalue weighted by molar-refractivity contribution is 7.23. The van der Waals surface area contributed by atoms with E-state index in [1.165, 1.54) is 11.3 Å². The molecule has 146 valence electrons. The van der Waals surface area contributed by atoms with Gasteiger partial charge in [-0.15, -0.1) is 0 Å². The van der Waals surface area contributed by atoms with E-state index >= 15 is 0 Å². The number of carbonyl (C=O) groups is 1. The van der Waals surface area contributed by atoms with Crippen molar-refractivity contribution >= 4 is 55.8 Å². The molecule has 3 aromatic rings. The molecule has 1 aliphatic heterocycles. The molecule has 1 unspecified atom stereocenters. The van der Waals surface area contributed by atoms with Gasteiger partial charge in [-0.1, -0.05) is 34.5 Å². The summed E-state index contributed by atoms with van der Waals surface area (Å²) in [7, 11) is 1.59. The van der Waals surface area contributed by atoms with Crippen molar-refractivity contribution in [1.82, 2.24) is 4.98 Å². The van der Waals surface area contributed by atoms with Gasteiger partial charge in [-0.05, 0) is 49.2 Å². The third-order valence-electron chi connectivity index (χ3n) is 4.64. The van der Waals surface area contributed by atoms with Crippen LogP contribution in [0.25, 0.3) is 10.2 Å². The number of amides is 1. The Bertz CT molecular complexity index is 1000. The van der Waals surface area contributed by atoms with Crippen molar-refractivity contribution in [2.45, 2.75) is 18.9 Å². The molecule has 1 atom stereocenters. The summed E-state index contributed by atoms with van der Waals surface area (Å²) in [5.74, 6) is 0.472. The Balaban J connectivity index is 1.76. The maximum atomic E-state index is 13.3. The number of benzene rings is 2. The van der Waals surface area contributed by atoms with Crippen LogP contribution in [0.4, 0.5) is 5.13 Å². The highest BCUT2D eigenvalue weighted by Gasteiger charge is 2.28. The SMILES string of the molecule is COc1ccc(Cl)c2sc(N(CC3CCCO3)C(=O)c3ccc(Cl)cc3)nc12. The highest BCUT2D eigenvalue weighted by atomic mass is 35.5. The van der Waals surface area contributed by atoms with Crippen LogP contribution in [-0.4, -0.2) is 37.3 Å². The van der Waals surface area contributed by atoms with Crippen LogP contribution >= 0.6 is 34.5 Å². The fraction of sp³-hybridized carbons (Fsp3) is 0.300. The average molecular weight is 437 g/mol. The van der Waals surface area contributed by atoms with E-state index in [1.54, 1.807) is 48.4 Å². The molecule has 1 aliphatic rings. The van der Waals surface area contributed by atoms with Gasteiger partial charge in [0.25, 0.3) is 5.91 Å². The largest absolute Gasteiger partial charge is 0.494 e. The van der Waals surface area contributed by atoms with E-state index in [-0.39, 0.29) is 12.0 Å². The molecule has 8 heteroatoms. The summed E-state index contributed by atoms with van der Waals surface area (Å²) in [6.07, 6.45) is 1.90. The number of methoxy groups -OCH3 is 1. The van der Waals surface area contributed by atoms with Crippen LogP contribution in [0.5, 0.6) is 5.75 Å². The summed E-state index contributed by atoms with van der Waals surface area (Å²) in [6.45, 7) is 1.15. The standard InChI is InChI=1S/C20H18Cl2N2O3S/c1-26-16-9-8-15(22)18-17(16)23-20(28-18)24(11-14-3-2-10-27-14)19(25)12-4-6-13(21)7-5-12/h4-9,14H,2-3,10-11H2,1H3. The first-order valence-corrected chi connectivity index (χ1v) is 10.5. The number of thiazole rings is 1. The lowest BCUT2D eigenvalue weighted by Gasteiger charge is -2.23. The van der Waals surface area contributed by atoms with E-state index in [0.29, 0.717) is 45.2 Å². The lowest BCUT2D eigenvalue weighted by atomic mass is 10.2. The second-order valence-electron chi connectivity index (χ2n) is 6.48. The topological polar surface area (TPSA) is 51.7 Å². The first kappa shape index (κ1) is 19.5. The molecule has 0 spiro atoms. The van der Waals surface area contributed by atoms with Gasteiger partial charge in [0.1, 0.15) is 11.3 Å². The van der Waals surface area contributed by atoms with Gasteiger partial charge in [-0.3, -0.25) is 9.69 Å². The molecular weight excluding hydrogens is 419 g/mol. The van der Waals surface area contributed by atoms with Crippen LogP contribution in [0, 0.1) is 0 Å². The van der Waals surface area contributed by atoms with E-state index in [1.807, 2.05) is 0 Å². The van der Waals surface area contributed by atoms with Gasteiger partial charge in [0.2, 0.25) is 0 Å². The normalized spacial score (nSPS) is 16.5. The van der Waals surface area contributed by atoms with E-state index in [9.17, 15) is 4.79 Å². The summed E-state index contributed by atoms with van der Waals surface area (Å²) in [4.78, 5) is 19.6. The van der Waals surface area contributed by atoms with Gasteiger partial charge in [-0.2, -0.15) is 0 Å². The summed E-state index contributed by atoms with van der Waals surface area (Å²) in [5, 5.41) is 1.73. The minimum Gasteiger partial charge on any atom is -0.494 e. The molecule has 0 N–H and O–H groups in total. The summed E-state index contributed by atoms with van der Waals surface area (Å²) in [6, 6.07) is 10.4. The Morgan fingerprint density at radius 3 is 2.75 bits per heavy atom. The molecule has 4 rings (SSSR count).